The molecule has 0 saturated heterocycles. The van der Waals surface area contributed by atoms with Gasteiger partial charge in [-0.05, 0) is 18.2 Å². The molecule has 11 N–H and O–H groups in total. The van der Waals surface area contributed by atoms with Gasteiger partial charge in [-0.3, -0.25) is 0 Å². The van der Waals surface area contributed by atoms with Crippen LogP contribution in [0.4, 0.5) is 0 Å². The molecule has 0 aromatic rings. The highest BCUT2D eigenvalue weighted by molar-refractivity contribution is 5.82. The molecule has 0 fully saturated rings. The van der Waals surface area contributed by atoms with Crippen LogP contribution in [-0.4, -0.2) is 131 Å². The van der Waals surface area contributed by atoms with E-state index in [1.165, 1.54) is 0 Å². The van der Waals surface area contributed by atoms with Gasteiger partial charge >= 0.3 is 23.9 Å². The second-order valence-corrected chi connectivity index (χ2v) is 7.64. The SMILES string of the molecule is O=C(O)C=COC(C=CC(=O)O)(C=CC(=O)O)C(CO)(CO)C(O)C=CC(=O)O.OCC(CO)(CO)CO. The van der Waals surface area contributed by atoms with Gasteiger partial charge in [-0.1, -0.05) is 0 Å². The first-order valence-electron chi connectivity index (χ1n) is 10.4. The van der Waals surface area contributed by atoms with Crippen LogP contribution in [-0.2, 0) is 23.9 Å². The number of carbonyl (C=O) groups is 4. The monoisotopic (exact) mass is 552 g/mol. The lowest BCUT2D eigenvalue weighted by atomic mass is 9.67. The lowest BCUT2D eigenvalue weighted by Crippen LogP contribution is -2.58. The third-order valence-electron chi connectivity index (χ3n) is 5.09. The topological polar surface area (TPSA) is 300 Å². The summed E-state index contributed by atoms with van der Waals surface area (Å²) in [6.45, 7) is -3.98. The highest BCUT2D eigenvalue weighted by Crippen LogP contribution is 2.41. The maximum Gasteiger partial charge on any atom is 0.331 e. The Labute approximate surface area is 215 Å². The number of aliphatic hydroxyl groups is 7. The lowest BCUT2D eigenvalue weighted by molar-refractivity contribution is -0.138. The van der Waals surface area contributed by atoms with E-state index in [0.717, 1.165) is 0 Å². The number of aliphatic hydroxyl groups excluding tert-OH is 7. The largest absolute Gasteiger partial charge is 0.485 e. The minimum Gasteiger partial charge on any atom is -0.485 e. The van der Waals surface area contributed by atoms with Gasteiger partial charge in [0, 0.05) is 18.2 Å². The molecule has 16 heteroatoms. The number of hydrogen-bond donors (Lipinski definition) is 11. The molecule has 0 saturated carbocycles. The molecule has 0 aliphatic rings. The fourth-order valence-electron chi connectivity index (χ4n) is 2.55. The van der Waals surface area contributed by atoms with Gasteiger partial charge in [-0.2, -0.15) is 0 Å². The maximum absolute atomic E-state index is 11.0. The van der Waals surface area contributed by atoms with Gasteiger partial charge in [0.2, 0.25) is 0 Å². The normalized spacial score (nSPS) is 14.8. The lowest BCUT2D eigenvalue weighted by Gasteiger charge is -2.46. The van der Waals surface area contributed by atoms with Crippen molar-refractivity contribution in [1.82, 2.24) is 0 Å². The molecule has 1 atom stereocenters. The molecular formula is C22H32O16. The zero-order valence-electron chi connectivity index (χ0n) is 19.9. The number of aliphatic carboxylic acids is 4. The molecule has 16 nitrogen and oxygen atoms in total. The highest BCUT2D eigenvalue weighted by atomic mass is 16.5. The van der Waals surface area contributed by atoms with Gasteiger partial charge in [0.1, 0.15) is 0 Å². The Hall–Kier alpha value is -3.64. The predicted molar refractivity (Wildman–Crippen MR) is 124 cm³/mol. The summed E-state index contributed by atoms with van der Waals surface area (Å²) >= 11 is 0. The molecule has 0 aliphatic carbocycles. The van der Waals surface area contributed by atoms with Crippen molar-refractivity contribution in [2.45, 2.75) is 11.7 Å². The molecule has 0 heterocycles. The number of carboxylic acid groups (broad SMARTS) is 4. The van der Waals surface area contributed by atoms with Gasteiger partial charge in [-0.25, -0.2) is 19.2 Å². The van der Waals surface area contributed by atoms with Gasteiger partial charge in [0.15, 0.2) is 5.60 Å². The molecule has 0 aromatic carbocycles. The van der Waals surface area contributed by atoms with Crippen LogP contribution in [0.15, 0.2) is 48.8 Å². The number of carboxylic acids is 4. The predicted octanol–water partition coefficient (Wildman–Crippen LogP) is -3.46. The van der Waals surface area contributed by atoms with Crippen molar-refractivity contribution in [2.24, 2.45) is 10.8 Å². The van der Waals surface area contributed by atoms with Crippen LogP contribution in [0.5, 0.6) is 0 Å². The minimum absolute atomic E-state index is 0.406. The molecule has 0 radical (unpaired) electrons. The maximum atomic E-state index is 11.0. The summed E-state index contributed by atoms with van der Waals surface area (Å²) in [6.07, 6.45) is 2.22. The Balaban J connectivity index is 0. The fraction of sp³-hybridized carbons (Fsp3) is 0.455. The first-order valence-corrected chi connectivity index (χ1v) is 10.4. The van der Waals surface area contributed by atoms with E-state index in [0.29, 0.717) is 48.8 Å². The van der Waals surface area contributed by atoms with Crippen LogP contribution < -0.4 is 0 Å². The molecule has 0 rings (SSSR count). The zero-order valence-corrected chi connectivity index (χ0v) is 19.9. The Kier molecular flexibility index (Phi) is 17.1. The van der Waals surface area contributed by atoms with E-state index in [2.05, 4.69) is 0 Å². The molecule has 216 valence electrons. The summed E-state index contributed by atoms with van der Waals surface area (Å²) < 4.78 is 5.19. The molecule has 0 bridgehead atoms. The summed E-state index contributed by atoms with van der Waals surface area (Å²) in [7, 11) is 0. The van der Waals surface area contributed by atoms with Gasteiger partial charge in [-0.15, -0.1) is 0 Å². The van der Waals surface area contributed by atoms with Crippen LogP contribution in [0.25, 0.3) is 0 Å². The quantitative estimate of drug-likeness (QED) is 0.0617. The summed E-state index contributed by atoms with van der Waals surface area (Å²) in [4.78, 5) is 43.4. The second-order valence-electron chi connectivity index (χ2n) is 7.64. The van der Waals surface area contributed by atoms with Crippen LogP contribution in [0, 0.1) is 10.8 Å². The van der Waals surface area contributed by atoms with Crippen molar-refractivity contribution < 1.29 is 80.1 Å². The molecule has 0 spiro atoms. The average molecular weight is 552 g/mol. The number of rotatable bonds is 17. The number of hydrogen-bond acceptors (Lipinski definition) is 12. The first kappa shape index (κ1) is 36.5. The van der Waals surface area contributed by atoms with Crippen LogP contribution in [0.2, 0.25) is 0 Å². The summed E-state index contributed by atoms with van der Waals surface area (Å²) in [5.41, 5.74) is -5.90. The highest BCUT2D eigenvalue weighted by Gasteiger charge is 2.54. The minimum atomic E-state index is -2.44. The molecule has 0 aliphatic heterocycles. The first-order chi connectivity index (χ1) is 17.7. The molecule has 0 aromatic heterocycles. The Morgan fingerprint density at radius 1 is 0.605 bits per heavy atom. The number of ether oxygens (including phenoxy) is 1. The van der Waals surface area contributed by atoms with Crippen molar-refractivity contribution >= 4 is 23.9 Å². The van der Waals surface area contributed by atoms with Crippen LogP contribution >= 0.6 is 0 Å². The van der Waals surface area contributed by atoms with Gasteiger partial charge in [0.05, 0.1) is 68.9 Å². The average Bonchev–Trinajstić information content (AvgIpc) is 2.87. The fourth-order valence-corrected chi connectivity index (χ4v) is 2.55. The van der Waals surface area contributed by atoms with E-state index in [4.69, 9.17) is 45.6 Å². The van der Waals surface area contributed by atoms with Crippen molar-refractivity contribution in [2.75, 3.05) is 39.6 Å². The van der Waals surface area contributed by atoms with Gasteiger partial charge < -0.3 is 60.9 Å². The van der Waals surface area contributed by atoms with E-state index < -0.39 is 86.1 Å². The molecule has 38 heavy (non-hydrogen) atoms. The Morgan fingerprint density at radius 2 is 0.974 bits per heavy atom. The summed E-state index contributed by atoms with van der Waals surface area (Å²) in [6, 6.07) is 0. The third-order valence-corrected chi connectivity index (χ3v) is 5.09. The summed E-state index contributed by atoms with van der Waals surface area (Å²) in [5, 5.41) is 99.5. The van der Waals surface area contributed by atoms with Crippen LogP contribution in [0.3, 0.4) is 0 Å². The second kappa shape index (κ2) is 17.8. The van der Waals surface area contributed by atoms with Crippen molar-refractivity contribution in [1.29, 1.82) is 0 Å². The zero-order chi connectivity index (χ0) is 30.0. The van der Waals surface area contributed by atoms with E-state index in [9.17, 15) is 34.5 Å². The Bertz CT molecular complexity index is 838. The molecule has 1 unspecified atom stereocenters. The van der Waals surface area contributed by atoms with Crippen molar-refractivity contribution in [3.05, 3.63) is 48.8 Å². The van der Waals surface area contributed by atoms with E-state index in [-0.39, 0.29) is 0 Å². The third kappa shape index (κ3) is 11.2. The van der Waals surface area contributed by atoms with Crippen molar-refractivity contribution in [3.63, 3.8) is 0 Å². The summed E-state index contributed by atoms with van der Waals surface area (Å²) in [5.74, 6) is -6.14. The molecule has 0 amide bonds. The molecular weight excluding hydrogens is 520 g/mol. The van der Waals surface area contributed by atoms with E-state index in [1.54, 1.807) is 0 Å². The Morgan fingerprint density at radius 3 is 1.24 bits per heavy atom. The standard InChI is InChI=1S/C17H20O12.C5H12O4/c18-9-16(10-19,11(20)1-2-12(21)22)17(6-3-13(23)24,7-4-14(25)26)29-8-5-15(27)28;6-1-5(2-7,3-8)4-9/h1-8,11,18-20H,9-10H2,(H,21,22)(H,23,24)(H,25,26)(H,27,28);6-9H,1-4H2. The van der Waals surface area contributed by atoms with Crippen LogP contribution in [0.1, 0.15) is 0 Å². The van der Waals surface area contributed by atoms with E-state index in [1.807, 2.05) is 0 Å². The smallest absolute Gasteiger partial charge is 0.331 e. The van der Waals surface area contributed by atoms with E-state index >= 15 is 0 Å². The van der Waals surface area contributed by atoms with Crippen molar-refractivity contribution in [3.8, 4) is 0 Å². The van der Waals surface area contributed by atoms with Gasteiger partial charge in [0.25, 0.3) is 0 Å².